The Morgan fingerprint density at radius 3 is 1.66 bits per heavy atom. The molecule has 0 unspecified atom stereocenters. The number of benzene rings is 8. The first-order valence-corrected chi connectivity index (χ1v) is 14.0. The fraction of sp³-hybridized carbons (Fsp3) is 0. The molecule has 1 heterocycles. The highest BCUT2D eigenvalue weighted by Gasteiger charge is 2.21. The van der Waals surface area contributed by atoms with Crippen molar-refractivity contribution in [2.75, 3.05) is 0 Å². The molecule has 41 heavy (non-hydrogen) atoms. The van der Waals surface area contributed by atoms with Gasteiger partial charge in [-0.2, -0.15) is 0 Å². The van der Waals surface area contributed by atoms with Gasteiger partial charge in [-0.05, 0) is 72.1 Å². The topological polar surface area (TPSA) is 13.1 Å². The number of furan rings is 1. The number of rotatable bonds is 2. The zero-order chi connectivity index (χ0) is 28.7. The summed E-state index contributed by atoms with van der Waals surface area (Å²) in [6.45, 7) is 0. The molecule has 190 valence electrons. The zero-order valence-electron chi connectivity index (χ0n) is 24.1. The van der Waals surface area contributed by atoms with Crippen LogP contribution in [0.1, 0.15) is 2.74 Å². The molecule has 0 aliphatic carbocycles. The van der Waals surface area contributed by atoms with Crippen LogP contribution in [-0.4, -0.2) is 0 Å². The van der Waals surface area contributed by atoms with E-state index in [-0.39, 0.29) is 12.1 Å². The molecular formula is C40H24O. The average molecular weight is 523 g/mol. The molecule has 9 rings (SSSR count). The smallest absolute Gasteiger partial charge is 0.143 e. The van der Waals surface area contributed by atoms with E-state index >= 15 is 0 Å². The minimum Gasteiger partial charge on any atom is -0.455 e. The molecule has 8 aromatic carbocycles. The molecule has 0 saturated carbocycles. The predicted molar refractivity (Wildman–Crippen MR) is 175 cm³/mol. The maximum Gasteiger partial charge on any atom is 0.143 e. The van der Waals surface area contributed by atoms with Gasteiger partial charge in [0.15, 0.2) is 0 Å². The van der Waals surface area contributed by atoms with E-state index in [1.807, 2.05) is 30.3 Å². The van der Waals surface area contributed by atoms with Crippen molar-refractivity contribution in [3.05, 3.63) is 146 Å². The van der Waals surface area contributed by atoms with Crippen molar-refractivity contribution in [3.8, 4) is 22.3 Å². The van der Waals surface area contributed by atoms with Gasteiger partial charge in [-0.25, -0.2) is 0 Å². The van der Waals surface area contributed by atoms with Crippen LogP contribution in [0.15, 0.2) is 150 Å². The van der Waals surface area contributed by atoms with Crippen molar-refractivity contribution in [1.82, 2.24) is 0 Å². The number of hydrogen-bond acceptors (Lipinski definition) is 1. The van der Waals surface area contributed by atoms with Crippen molar-refractivity contribution in [2.24, 2.45) is 0 Å². The first-order valence-electron chi connectivity index (χ1n) is 15.0. The van der Waals surface area contributed by atoms with Gasteiger partial charge in [0.2, 0.25) is 0 Å². The van der Waals surface area contributed by atoms with Gasteiger partial charge < -0.3 is 4.42 Å². The normalized spacial score (nSPS) is 12.6. The van der Waals surface area contributed by atoms with Crippen molar-refractivity contribution in [3.63, 3.8) is 0 Å². The van der Waals surface area contributed by atoms with Crippen molar-refractivity contribution in [1.29, 1.82) is 0 Å². The first-order chi connectivity index (χ1) is 21.2. The fourth-order valence-corrected chi connectivity index (χ4v) is 6.75. The molecule has 0 aliphatic rings. The van der Waals surface area contributed by atoms with Crippen LogP contribution < -0.4 is 0 Å². The fourth-order valence-electron chi connectivity index (χ4n) is 6.75. The van der Waals surface area contributed by atoms with Crippen LogP contribution in [0.5, 0.6) is 0 Å². The van der Waals surface area contributed by atoms with Crippen molar-refractivity contribution < 1.29 is 7.16 Å². The van der Waals surface area contributed by atoms with Crippen LogP contribution in [0.2, 0.25) is 0 Å². The Morgan fingerprint density at radius 1 is 0.439 bits per heavy atom. The summed E-state index contributed by atoms with van der Waals surface area (Å²) < 4.78 is 24.1. The van der Waals surface area contributed by atoms with Crippen molar-refractivity contribution >= 4 is 65.0 Å². The monoisotopic (exact) mass is 522 g/mol. The average Bonchev–Trinajstić information content (AvgIpc) is 3.46. The highest BCUT2D eigenvalue weighted by atomic mass is 16.3. The first kappa shape index (κ1) is 20.5. The van der Waals surface area contributed by atoms with Gasteiger partial charge in [0.05, 0.1) is 2.74 Å². The largest absolute Gasteiger partial charge is 0.455 e. The van der Waals surface area contributed by atoms with Gasteiger partial charge in [0.1, 0.15) is 11.2 Å². The summed E-state index contributed by atoms with van der Waals surface area (Å²) in [5.41, 5.74) is 5.98. The van der Waals surface area contributed by atoms with E-state index in [9.17, 15) is 0 Å². The minimum atomic E-state index is 0.124. The van der Waals surface area contributed by atoms with E-state index in [0.717, 1.165) is 43.5 Å². The molecule has 0 N–H and O–H groups in total. The van der Waals surface area contributed by atoms with Gasteiger partial charge >= 0.3 is 0 Å². The third kappa shape index (κ3) is 3.18. The molecular weight excluding hydrogens is 496 g/mol. The maximum atomic E-state index is 8.87. The Bertz CT molecular complexity index is 2520. The third-order valence-corrected chi connectivity index (χ3v) is 8.47. The second-order valence-corrected chi connectivity index (χ2v) is 10.7. The lowest BCUT2D eigenvalue weighted by molar-refractivity contribution is 0.673. The van der Waals surface area contributed by atoms with E-state index in [1.165, 1.54) is 38.2 Å². The maximum absolute atomic E-state index is 8.87. The summed E-state index contributed by atoms with van der Waals surface area (Å²) in [5, 5.41) is 10.5. The van der Waals surface area contributed by atoms with E-state index in [2.05, 4.69) is 103 Å². The quantitative estimate of drug-likeness (QED) is 0.206. The molecule has 1 aromatic heterocycles. The second kappa shape index (κ2) is 8.55. The van der Waals surface area contributed by atoms with Gasteiger partial charge in [-0.1, -0.05) is 133 Å². The van der Waals surface area contributed by atoms with Crippen LogP contribution in [0.4, 0.5) is 0 Å². The summed E-state index contributed by atoms with van der Waals surface area (Å²) in [6.07, 6.45) is 0. The lowest BCUT2D eigenvalue weighted by atomic mass is 9.84. The second-order valence-electron chi connectivity index (χ2n) is 10.7. The third-order valence-electron chi connectivity index (χ3n) is 8.47. The highest BCUT2D eigenvalue weighted by Crippen LogP contribution is 2.48. The Morgan fingerprint density at radius 2 is 0.976 bits per heavy atom. The SMILES string of the molecule is [2H]c1c([2H])c2oc3c4ccccc4c(-c4c5ccccc5c(-c5ccccc5)c5ccccc45)cc3c2c2ccccc12. The Balaban J connectivity index is 1.52. The summed E-state index contributed by atoms with van der Waals surface area (Å²) >= 11 is 0. The van der Waals surface area contributed by atoms with Crippen LogP contribution in [-0.2, 0) is 0 Å². The summed E-state index contributed by atoms with van der Waals surface area (Å²) in [4.78, 5) is 0. The minimum absolute atomic E-state index is 0.124. The van der Waals surface area contributed by atoms with E-state index in [4.69, 9.17) is 7.16 Å². The molecule has 1 heteroatoms. The Kier molecular flexibility index (Phi) is 4.27. The number of hydrogen-bond donors (Lipinski definition) is 0. The van der Waals surface area contributed by atoms with E-state index in [1.54, 1.807) is 0 Å². The van der Waals surface area contributed by atoms with Crippen LogP contribution in [0.25, 0.3) is 87.3 Å². The van der Waals surface area contributed by atoms with Crippen molar-refractivity contribution in [2.45, 2.75) is 0 Å². The van der Waals surface area contributed by atoms with Gasteiger partial charge in [0.25, 0.3) is 0 Å². The van der Waals surface area contributed by atoms with E-state index < -0.39 is 0 Å². The standard InChI is InChI=1S/C40H24O/c1-2-13-26(14-3-1)37-29-17-7-9-19-31(29)38(32-20-10-8-18-30(32)37)34-24-35-39-27-15-5-4-12-25(27)22-23-36(39)41-40(35)33-21-11-6-16-28(33)34/h1-24H/i22D,23D. The van der Waals surface area contributed by atoms with Crippen LogP contribution >= 0.6 is 0 Å². The lowest BCUT2D eigenvalue weighted by Crippen LogP contribution is -1.91. The van der Waals surface area contributed by atoms with Crippen LogP contribution in [0, 0.1) is 0 Å². The lowest BCUT2D eigenvalue weighted by Gasteiger charge is -2.19. The van der Waals surface area contributed by atoms with Crippen LogP contribution in [0.3, 0.4) is 0 Å². The Hall–Kier alpha value is -5.40. The molecule has 0 bridgehead atoms. The Labute approximate surface area is 239 Å². The molecule has 0 amide bonds. The summed E-state index contributed by atoms with van der Waals surface area (Å²) in [6, 6.07) is 47.0. The molecule has 0 atom stereocenters. The predicted octanol–water partition coefficient (Wildman–Crippen LogP) is 11.5. The molecule has 0 aliphatic heterocycles. The molecule has 0 fully saturated rings. The van der Waals surface area contributed by atoms with E-state index in [0.29, 0.717) is 5.58 Å². The van der Waals surface area contributed by atoms with Gasteiger partial charge in [-0.15, -0.1) is 0 Å². The molecule has 9 aromatic rings. The summed E-state index contributed by atoms with van der Waals surface area (Å²) in [7, 11) is 0. The highest BCUT2D eigenvalue weighted by molar-refractivity contribution is 6.29. The molecule has 0 spiro atoms. The zero-order valence-corrected chi connectivity index (χ0v) is 22.1. The molecule has 0 radical (unpaired) electrons. The summed E-state index contributed by atoms with van der Waals surface area (Å²) in [5.74, 6) is 0. The van der Waals surface area contributed by atoms with Gasteiger partial charge in [-0.3, -0.25) is 0 Å². The molecule has 0 saturated heterocycles. The van der Waals surface area contributed by atoms with Gasteiger partial charge in [0, 0.05) is 16.2 Å². The molecule has 1 nitrogen and oxygen atoms in total. The number of fused-ring (bicyclic) bond motifs is 9.